The van der Waals surface area contributed by atoms with Crippen LogP contribution in [0.2, 0.25) is 0 Å². The quantitative estimate of drug-likeness (QED) is 0.905. The lowest BCUT2D eigenvalue weighted by molar-refractivity contribution is 0.0689. The number of aryl methyl sites for hydroxylation is 1. The van der Waals surface area contributed by atoms with Crippen molar-refractivity contribution >= 4 is 5.97 Å². The second kappa shape index (κ2) is 5.74. The minimum atomic E-state index is -1.09. The van der Waals surface area contributed by atoms with Crippen LogP contribution in [-0.2, 0) is 7.05 Å². The molecule has 0 aliphatic rings. The van der Waals surface area contributed by atoms with E-state index >= 15 is 0 Å². The number of carbonyl (C=O) groups is 1. The summed E-state index contributed by atoms with van der Waals surface area (Å²) in [6.45, 7) is 0. The van der Waals surface area contributed by atoms with E-state index in [1.165, 1.54) is 32.1 Å². The number of rotatable bonds is 5. The van der Waals surface area contributed by atoms with E-state index in [4.69, 9.17) is 19.3 Å². The standard InChI is InChI=1S/C14H16N2O5/c1-16-10(7-9(15-16)14(17)18)8-5-6-11(19-2)13(21-4)12(8)20-3/h5-7H,1-4H3,(H,17,18). The molecular weight excluding hydrogens is 276 g/mol. The van der Waals surface area contributed by atoms with Gasteiger partial charge in [-0.05, 0) is 18.2 Å². The summed E-state index contributed by atoms with van der Waals surface area (Å²) in [6.07, 6.45) is 0. The third-order valence-electron chi connectivity index (χ3n) is 3.08. The smallest absolute Gasteiger partial charge is 0.356 e. The molecule has 0 aliphatic carbocycles. The molecule has 1 heterocycles. The van der Waals surface area contributed by atoms with Gasteiger partial charge in [0.2, 0.25) is 5.75 Å². The van der Waals surface area contributed by atoms with E-state index in [9.17, 15) is 4.79 Å². The number of hydrogen-bond acceptors (Lipinski definition) is 5. The maximum atomic E-state index is 11.0. The predicted octanol–water partition coefficient (Wildman–Crippen LogP) is 1.81. The highest BCUT2D eigenvalue weighted by atomic mass is 16.5. The zero-order chi connectivity index (χ0) is 15.6. The Bertz CT molecular complexity index is 678. The van der Waals surface area contributed by atoms with E-state index in [-0.39, 0.29) is 5.69 Å². The number of carboxylic acids is 1. The van der Waals surface area contributed by atoms with Crippen molar-refractivity contribution in [2.75, 3.05) is 21.3 Å². The Morgan fingerprint density at radius 2 is 1.81 bits per heavy atom. The topological polar surface area (TPSA) is 82.8 Å². The van der Waals surface area contributed by atoms with Crippen molar-refractivity contribution < 1.29 is 24.1 Å². The molecule has 0 saturated heterocycles. The number of hydrogen-bond donors (Lipinski definition) is 1. The Balaban J connectivity index is 2.66. The van der Waals surface area contributed by atoms with E-state index in [0.717, 1.165) is 0 Å². The van der Waals surface area contributed by atoms with Gasteiger partial charge in [-0.1, -0.05) is 0 Å². The summed E-state index contributed by atoms with van der Waals surface area (Å²) in [5.41, 5.74) is 1.23. The first-order chi connectivity index (χ1) is 10.0. The average molecular weight is 292 g/mol. The molecule has 21 heavy (non-hydrogen) atoms. The second-order valence-electron chi connectivity index (χ2n) is 4.23. The maximum Gasteiger partial charge on any atom is 0.356 e. The van der Waals surface area contributed by atoms with Crippen molar-refractivity contribution in [3.05, 3.63) is 23.9 Å². The Morgan fingerprint density at radius 1 is 1.14 bits per heavy atom. The molecule has 0 saturated carbocycles. The van der Waals surface area contributed by atoms with E-state index in [2.05, 4.69) is 5.10 Å². The molecule has 112 valence electrons. The summed E-state index contributed by atoms with van der Waals surface area (Å²) >= 11 is 0. The molecule has 2 aromatic rings. The number of aromatic carboxylic acids is 1. The monoisotopic (exact) mass is 292 g/mol. The number of methoxy groups -OCH3 is 3. The van der Waals surface area contributed by atoms with Crippen LogP contribution in [0.1, 0.15) is 10.5 Å². The summed E-state index contributed by atoms with van der Waals surface area (Å²) < 4.78 is 17.4. The van der Waals surface area contributed by atoms with Crippen molar-refractivity contribution in [2.24, 2.45) is 7.05 Å². The van der Waals surface area contributed by atoms with Gasteiger partial charge < -0.3 is 19.3 Å². The Morgan fingerprint density at radius 3 is 2.29 bits per heavy atom. The fourth-order valence-electron chi connectivity index (χ4n) is 2.13. The van der Waals surface area contributed by atoms with Gasteiger partial charge in [-0.25, -0.2) is 4.79 Å². The van der Waals surface area contributed by atoms with Gasteiger partial charge in [-0.2, -0.15) is 5.10 Å². The minimum absolute atomic E-state index is 0.0377. The lowest BCUT2D eigenvalue weighted by Crippen LogP contribution is -2.00. The van der Waals surface area contributed by atoms with Gasteiger partial charge in [0.05, 0.1) is 27.0 Å². The van der Waals surface area contributed by atoms with Crippen molar-refractivity contribution in [1.82, 2.24) is 9.78 Å². The third kappa shape index (κ3) is 2.49. The molecule has 7 heteroatoms. The van der Waals surface area contributed by atoms with Gasteiger partial charge in [0, 0.05) is 12.6 Å². The van der Waals surface area contributed by atoms with Gasteiger partial charge in [0.25, 0.3) is 0 Å². The Labute approximate surface area is 121 Å². The molecule has 1 N–H and O–H groups in total. The number of nitrogens with zero attached hydrogens (tertiary/aromatic N) is 2. The normalized spacial score (nSPS) is 10.3. The predicted molar refractivity (Wildman–Crippen MR) is 75.3 cm³/mol. The fourth-order valence-corrected chi connectivity index (χ4v) is 2.13. The van der Waals surface area contributed by atoms with Crippen molar-refractivity contribution in [1.29, 1.82) is 0 Å². The molecule has 0 bridgehead atoms. The zero-order valence-electron chi connectivity index (χ0n) is 12.2. The summed E-state index contributed by atoms with van der Waals surface area (Å²) in [5, 5.41) is 13.0. The number of benzene rings is 1. The molecule has 0 unspecified atom stereocenters. The number of carboxylic acid groups (broad SMARTS) is 1. The van der Waals surface area contributed by atoms with Gasteiger partial charge in [0.15, 0.2) is 17.2 Å². The molecular formula is C14H16N2O5. The lowest BCUT2D eigenvalue weighted by atomic mass is 10.1. The average Bonchev–Trinajstić information content (AvgIpc) is 2.87. The van der Waals surface area contributed by atoms with Crippen LogP contribution in [0, 0.1) is 0 Å². The molecule has 0 spiro atoms. The van der Waals surface area contributed by atoms with Crippen LogP contribution in [0.25, 0.3) is 11.3 Å². The Kier molecular flexibility index (Phi) is 4.02. The molecule has 0 aliphatic heterocycles. The first-order valence-electron chi connectivity index (χ1n) is 6.10. The molecule has 1 aromatic heterocycles. The highest BCUT2D eigenvalue weighted by molar-refractivity contribution is 5.87. The summed E-state index contributed by atoms with van der Waals surface area (Å²) in [4.78, 5) is 11.0. The molecule has 2 rings (SSSR count). The molecule has 0 radical (unpaired) electrons. The summed E-state index contributed by atoms with van der Waals surface area (Å²) in [6, 6.07) is 4.97. The lowest BCUT2D eigenvalue weighted by Gasteiger charge is -2.15. The molecule has 0 amide bonds. The largest absolute Gasteiger partial charge is 0.493 e. The first kappa shape index (κ1) is 14.7. The first-order valence-corrected chi connectivity index (χ1v) is 6.10. The SMILES string of the molecule is COc1ccc(-c2cc(C(=O)O)nn2C)c(OC)c1OC. The van der Waals surface area contributed by atoms with Crippen LogP contribution in [0.3, 0.4) is 0 Å². The maximum absolute atomic E-state index is 11.0. The molecule has 1 aromatic carbocycles. The fraction of sp³-hybridized carbons (Fsp3) is 0.286. The van der Waals surface area contributed by atoms with Gasteiger partial charge in [0.1, 0.15) is 0 Å². The molecule has 0 atom stereocenters. The van der Waals surface area contributed by atoms with E-state index in [1.807, 2.05) is 0 Å². The van der Waals surface area contributed by atoms with E-state index in [0.29, 0.717) is 28.5 Å². The van der Waals surface area contributed by atoms with Crippen LogP contribution < -0.4 is 14.2 Å². The van der Waals surface area contributed by atoms with Crippen LogP contribution in [-0.4, -0.2) is 42.2 Å². The highest BCUT2D eigenvalue weighted by Gasteiger charge is 2.21. The van der Waals surface area contributed by atoms with E-state index < -0.39 is 5.97 Å². The van der Waals surface area contributed by atoms with Crippen LogP contribution in [0.5, 0.6) is 17.2 Å². The summed E-state index contributed by atoms with van der Waals surface area (Å²) in [7, 11) is 6.22. The zero-order valence-corrected chi connectivity index (χ0v) is 12.2. The van der Waals surface area contributed by atoms with Crippen LogP contribution in [0.15, 0.2) is 18.2 Å². The minimum Gasteiger partial charge on any atom is -0.493 e. The number of aromatic nitrogens is 2. The van der Waals surface area contributed by atoms with Gasteiger partial charge in [-0.3, -0.25) is 4.68 Å². The second-order valence-corrected chi connectivity index (χ2v) is 4.23. The molecule has 0 fully saturated rings. The van der Waals surface area contributed by atoms with Crippen molar-refractivity contribution in [3.63, 3.8) is 0 Å². The van der Waals surface area contributed by atoms with Gasteiger partial charge in [-0.15, -0.1) is 0 Å². The van der Waals surface area contributed by atoms with Gasteiger partial charge >= 0.3 is 5.97 Å². The van der Waals surface area contributed by atoms with E-state index in [1.54, 1.807) is 19.2 Å². The van der Waals surface area contributed by atoms with Crippen molar-refractivity contribution in [3.8, 4) is 28.5 Å². The van der Waals surface area contributed by atoms with Crippen LogP contribution in [0.4, 0.5) is 0 Å². The number of ether oxygens (including phenoxy) is 3. The van der Waals surface area contributed by atoms with Crippen molar-refractivity contribution in [2.45, 2.75) is 0 Å². The highest BCUT2D eigenvalue weighted by Crippen LogP contribution is 2.44. The Hall–Kier alpha value is -2.70. The molecule has 7 nitrogen and oxygen atoms in total. The van der Waals surface area contributed by atoms with Crippen LogP contribution >= 0.6 is 0 Å². The third-order valence-corrected chi connectivity index (χ3v) is 3.08. The summed E-state index contributed by atoms with van der Waals surface area (Å²) in [5.74, 6) is 0.336.